The van der Waals surface area contributed by atoms with Crippen LogP contribution >= 0.6 is 0 Å². The molecule has 3 N–H and O–H groups in total. The van der Waals surface area contributed by atoms with Crippen molar-refractivity contribution in [2.75, 3.05) is 19.6 Å². The van der Waals surface area contributed by atoms with Crippen molar-refractivity contribution in [3.63, 3.8) is 0 Å². The Labute approximate surface area is 169 Å². The van der Waals surface area contributed by atoms with Crippen LogP contribution in [0.2, 0.25) is 0 Å². The molecule has 3 heterocycles. The fourth-order valence-corrected chi connectivity index (χ4v) is 3.14. The number of piperidine rings is 1. The fourth-order valence-electron chi connectivity index (χ4n) is 3.14. The van der Waals surface area contributed by atoms with Gasteiger partial charge in [-0.1, -0.05) is 0 Å². The van der Waals surface area contributed by atoms with E-state index in [9.17, 15) is 4.79 Å². The van der Waals surface area contributed by atoms with Gasteiger partial charge in [0, 0.05) is 37.6 Å². The van der Waals surface area contributed by atoms with Crippen LogP contribution < -0.4 is 5.32 Å². The van der Waals surface area contributed by atoms with E-state index in [-0.39, 0.29) is 18.9 Å². The smallest absolute Gasteiger partial charge is 0.290 e. The summed E-state index contributed by atoms with van der Waals surface area (Å²) in [5.41, 5.74) is 1.21. The molecule has 2 aromatic rings. The zero-order valence-corrected chi connectivity index (χ0v) is 16.4. The summed E-state index contributed by atoms with van der Waals surface area (Å²) >= 11 is 0. The Bertz CT molecular complexity index is 710. The highest BCUT2D eigenvalue weighted by Crippen LogP contribution is 2.18. The number of hydrogen-bond acceptors (Lipinski definition) is 6. The number of aromatic nitrogens is 2. The molecule has 0 bridgehead atoms. The molecule has 0 aliphatic carbocycles. The number of imidazole rings is 1. The van der Waals surface area contributed by atoms with Gasteiger partial charge in [-0.3, -0.25) is 19.3 Å². The van der Waals surface area contributed by atoms with Crippen LogP contribution in [0.5, 0.6) is 0 Å². The lowest BCUT2D eigenvalue weighted by atomic mass is 9.97. The van der Waals surface area contributed by atoms with E-state index in [2.05, 4.69) is 15.2 Å². The maximum atomic E-state index is 12.1. The number of rotatable bonds is 6. The van der Waals surface area contributed by atoms with Gasteiger partial charge in [0.1, 0.15) is 12.4 Å². The molecule has 1 aliphatic rings. The second-order valence-electron chi connectivity index (χ2n) is 6.49. The molecule has 2 aromatic heterocycles. The second kappa shape index (κ2) is 13.9. The molecule has 0 aromatic carbocycles. The molecule has 1 unspecified atom stereocenters. The molecule has 10 nitrogen and oxygen atoms in total. The third-order valence-corrected chi connectivity index (χ3v) is 4.41. The van der Waals surface area contributed by atoms with E-state index in [1.54, 1.807) is 18.7 Å². The lowest BCUT2D eigenvalue weighted by Crippen LogP contribution is -2.41. The van der Waals surface area contributed by atoms with Gasteiger partial charge >= 0.3 is 0 Å². The van der Waals surface area contributed by atoms with Crippen molar-refractivity contribution in [2.45, 2.75) is 32.9 Å². The quantitative estimate of drug-likeness (QED) is 0.607. The third kappa shape index (κ3) is 9.56. The first kappa shape index (κ1) is 23.9. The Morgan fingerprint density at radius 2 is 2.10 bits per heavy atom. The lowest BCUT2D eigenvalue weighted by Gasteiger charge is -2.32. The molecular weight excluding hydrogens is 380 g/mol. The predicted octanol–water partition coefficient (Wildman–Crippen LogP) is 1.21. The standard InChI is InChI=1S/C17H24N4O2.2CH2O2/c1-14-18-5-7-21(14)12-17(22)19-9-15-3-2-6-20(10-15)11-16-4-8-23-13-16;2*2-1-3/h4-5,7-8,13,15H,2-3,6,9-12H2,1H3,(H,19,22);2*1H,(H,2,3). The molecule has 0 saturated carbocycles. The number of amides is 1. The molecule has 1 amide bonds. The van der Waals surface area contributed by atoms with Crippen LogP contribution in [-0.2, 0) is 27.5 Å². The number of hydrogen-bond donors (Lipinski definition) is 3. The molecule has 1 aliphatic heterocycles. The van der Waals surface area contributed by atoms with Crippen LogP contribution in [0.1, 0.15) is 24.2 Å². The highest BCUT2D eigenvalue weighted by Gasteiger charge is 2.20. The molecule has 29 heavy (non-hydrogen) atoms. The Kier molecular flexibility index (Phi) is 11.5. The monoisotopic (exact) mass is 408 g/mol. The highest BCUT2D eigenvalue weighted by atomic mass is 16.3. The predicted molar refractivity (Wildman–Crippen MR) is 104 cm³/mol. The van der Waals surface area contributed by atoms with Crippen LogP contribution in [0.25, 0.3) is 0 Å². The normalized spacial score (nSPS) is 15.8. The summed E-state index contributed by atoms with van der Waals surface area (Å²) in [6.07, 6.45) is 9.43. The molecule has 1 atom stereocenters. The zero-order chi connectivity index (χ0) is 21.5. The van der Waals surface area contributed by atoms with E-state index >= 15 is 0 Å². The van der Waals surface area contributed by atoms with Gasteiger partial charge in [-0.15, -0.1) is 0 Å². The van der Waals surface area contributed by atoms with Gasteiger partial charge in [-0.25, -0.2) is 4.98 Å². The molecular formula is C19H28N4O6. The number of aryl methyl sites for hydroxylation is 1. The first-order valence-electron chi connectivity index (χ1n) is 9.17. The minimum Gasteiger partial charge on any atom is -0.483 e. The molecule has 160 valence electrons. The van der Waals surface area contributed by atoms with E-state index in [1.165, 1.54) is 18.4 Å². The van der Waals surface area contributed by atoms with Crippen molar-refractivity contribution < 1.29 is 29.0 Å². The zero-order valence-electron chi connectivity index (χ0n) is 16.4. The maximum absolute atomic E-state index is 12.1. The van der Waals surface area contributed by atoms with Crippen LogP contribution in [0.15, 0.2) is 35.4 Å². The van der Waals surface area contributed by atoms with Gasteiger partial charge in [0.05, 0.1) is 12.5 Å². The summed E-state index contributed by atoms with van der Waals surface area (Å²) < 4.78 is 6.99. The Balaban J connectivity index is 0.000000626. The van der Waals surface area contributed by atoms with E-state index in [0.717, 1.165) is 32.0 Å². The Morgan fingerprint density at radius 1 is 1.38 bits per heavy atom. The fraction of sp³-hybridized carbons (Fsp3) is 0.474. The molecule has 1 fully saturated rings. The number of carbonyl (C=O) groups is 3. The average molecular weight is 408 g/mol. The van der Waals surface area contributed by atoms with Gasteiger partial charge in [0.15, 0.2) is 0 Å². The van der Waals surface area contributed by atoms with Gasteiger partial charge in [-0.2, -0.15) is 0 Å². The van der Waals surface area contributed by atoms with Crippen molar-refractivity contribution in [1.82, 2.24) is 19.8 Å². The Morgan fingerprint density at radius 3 is 2.69 bits per heavy atom. The second-order valence-corrected chi connectivity index (χ2v) is 6.49. The summed E-state index contributed by atoms with van der Waals surface area (Å²) in [5.74, 6) is 1.44. The number of carboxylic acid groups (broad SMARTS) is 2. The van der Waals surface area contributed by atoms with E-state index in [0.29, 0.717) is 12.5 Å². The first-order chi connectivity index (χ1) is 14.0. The van der Waals surface area contributed by atoms with Crippen molar-refractivity contribution >= 4 is 18.9 Å². The number of nitrogens with zero attached hydrogens (tertiary/aromatic N) is 3. The molecule has 1 saturated heterocycles. The molecule has 0 radical (unpaired) electrons. The summed E-state index contributed by atoms with van der Waals surface area (Å²) in [6.45, 7) is 5.56. The minimum absolute atomic E-state index is 0.0538. The van der Waals surface area contributed by atoms with Gasteiger partial charge in [-0.05, 0) is 38.3 Å². The molecule has 10 heteroatoms. The lowest BCUT2D eigenvalue weighted by molar-refractivity contribution is -0.123. The van der Waals surface area contributed by atoms with Gasteiger partial charge in [0.25, 0.3) is 12.9 Å². The molecule has 3 rings (SSSR count). The highest BCUT2D eigenvalue weighted by molar-refractivity contribution is 5.75. The van der Waals surface area contributed by atoms with E-state index < -0.39 is 0 Å². The van der Waals surface area contributed by atoms with Crippen molar-refractivity contribution in [3.8, 4) is 0 Å². The van der Waals surface area contributed by atoms with Crippen LogP contribution in [-0.4, -0.2) is 63.1 Å². The average Bonchev–Trinajstić information content (AvgIpc) is 3.34. The summed E-state index contributed by atoms with van der Waals surface area (Å²) in [4.78, 5) is 35.3. The van der Waals surface area contributed by atoms with Crippen molar-refractivity contribution in [1.29, 1.82) is 0 Å². The topological polar surface area (TPSA) is 138 Å². The largest absolute Gasteiger partial charge is 0.483 e. The van der Waals surface area contributed by atoms with Crippen LogP contribution in [0.4, 0.5) is 0 Å². The van der Waals surface area contributed by atoms with Crippen molar-refractivity contribution in [2.24, 2.45) is 5.92 Å². The third-order valence-electron chi connectivity index (χ3n) is 4.41. The first-order valence-corrected chi connectivity index (χ1v) is 9.17. The van der Waals surface area contributed by atoms with Crippen LogP contribution in [0, 0.1) is 12.8 Å². The SMILES string of the molecule is Cc1nccn1CC(=O)NCC1CCCN(Cc2ccoc2)C1.O=CO.O=CO. The number of likely N-dealkylation sites (tertiary alicyclic amines) is 1. The summed E-state index contributed by atoms with van der Waals surface area (Å²) in [5, 5.41) is 16.8. The van der Waals surface area contributed by atoms with E-state index in [1.807, 2.05) is 23.8 Å². The Hall–Kier alpha value is -3.14. The van der Waals surface area contributed by atoms with Crippen molar-refractivity contribution in [3.05, 3.63) is 42.4 Å². The van der Waals surface area contributed by atoms with Crippen LogP contribution in [0.3, 0.4) is 0 Å². The summed E-state index contributed by atoms with van der Waals surface area (Å²) in [7, 11) is 0. The maximum Gasteiger partial charge on any atom is 0.290 e. The molecule has 0 spiro atoms. The van der Waals surface area contributed by atoms with Gasteiger partial charge in [0.2, 0.25) is 5.91 Å². The summed E-state index contributed by atoms with van der Waals surface area (Å²) in [6, 6.07) is 2.01. The minimum atomic E-state index is -0.250. The van der Waals surface area contributed by atoms with Gasteiger partial charge < -0.3 is 24.5 Å². The number of carbonyl (C=O) groups excluding carboxylic acids is 1. The number of furan rings is 1. The van der Waals surface area contributed by atoms with E-state index in [4.69, 9.17) is 24.2 Å². The number of nitrogens with one attached hydrogen (secondary N) is 1.